The van der Waals surface area contributed by atoms with Gasteiger partial charge in [-0.15, -0.1) is 0 Å². The Morgan fingerprint density at radius 2 is 1.85 bits per heavy atom. The lowest BCUT2D eigenvalue weighted by molar-refractivity contribution is 0.370. The van der Waals surface area contributed by atoms with Crippen molar-refractivity contribution in [1.29, 1.82) is 0 Å². The zero-order valence-corrected chi connectivity index (χ0v) is 15.5. The first kappa shape index (κ1) is 16.8. The summed E-state index contributed by atoms with van der Waals surface area (Å²) in [5.41, 5.74) is 6.11. The smallest absolute Gasteiger partial charge is 0.266 e. The van der Waals surface area contributed by atoms with E-state index in [2.05, 4.69) is 60.3 Å². The summed E-state index contributed by atoms with van der Waals surface area (Å²) >= 11 is 0. The number of hydrogen-bond acceptors (Lipinski definition) is 3. The summed E-state index contributed by atoms with van der Waals surface area (Å²) in [7, 11) is 0. The minimum atomic E-state index is -0.0327. The number of hydrogen-bond donors (Lipinski definition) is 0. The monoisotopic (exact) mass is 347 g/mol. The SMILES string of the molecule is CC(C)Cn1nc(-c2ccc3c(c2)CCN(C2=CC=C2)CC3)ccc1=O. The Morgan fingerprint density at radius 1 is 1.08 bits per heavy atom. The van der Waals surface area contributed by atoms with Crippen LogP contribution in [-0.4, -0.2) is 27.8 Å². The molecule has 134 valence electrons. The van der Waals surface area contributed by atoms with E-state index in [-0.39, 0.29) is 5.56 Å². The largest absolute Gasteiger partial charge is 0.371 e. The molecule has 0 radical (unpaired) electrons. The molecule has 4 heteroatoms. The zero-order chi connectivity index (χ0) is 18.1. The van der Waals surface area contributed by atoms with Crippen molar-refractivity contribution in [3.8, 4) is 11.3 Å². The second kappa shape index (κ2) is 6.94. The maximum absolute atomic E-state index is 12.0. The molecule has 0 saturated carbocycles. The summed E-state index contributed by atoms with van der Waals surface area (Å²) in [4.78, 5) is 14.5. The van der Waals surface area contributed by atoms with Crippen molar-refractivity contribution in [3.63, 3.8) is 0 Å². The molecule has 0 amide bonds. The lowest BCUT2D eigenvalue weighted by atomic mass is 9.99. The second-order valence-electron chi connectivity index (χ2n) is 7.55. The van der Waals surface area contributed by atoms with Crippen LogP contribution in [-0.2, 0) is 19.4 Å². The summed E-state index contributed by atoms with van der Waals surface area (Å²) in [5.74, 6) is 0.392. The lowest BCUT2D eigenvalue weighted by Gasteiger charge is -2.26. The molecule has 4 rings (SSSR count). The molecule has 0 fully saturated rings. The van der Waals surface area contributed by atoms with E-state index in [9.17, 15) is 4.79 Å². The number of fused-ring (bicyclic) bond motifs is 1. The van der Waals surface area contributed by atoms with Crippen LogP contribution >= 0.6 is 0 Å². The molecule has 0 bridgehead atoms. The molecule has 0 saturated heterocycles. The number of allylic oxidation sites excluding steroid dienone is 3. The molecule has 0 atom stereocenters. The average Bonchev–Trinajstić information content (AvgIpc) is 2.77. The van der Waals surface area contributed by atoms with Crippen LogP contribution in [0.3, 0.4) is 0 Å². The first-order valence-corrected chi connectivity index (χ1v) is 9.44. The van der Waals surface area contributed by atoms with Crippen molar-refractivity contribution in [2.24, 2.45) is 5.92 Å². The molecule has 2 aromatic rings. The highest BCUT2D eigenvalue weighted by atomic mass is 16.1. The molecular formula is C22H25N3O. The predicted octanol–water partition coefficient (Wildman–Crippen LogP) is 3.42. The minimum absolute atomic E-state index is 0.0327. The van der Waals surface area contributed by atoms with E-state index in [4.69, 9.17) is 0 Å². The zero-order valence-electron chi connectivity index (χ0n) is 15.5. The molecular weight excluding hydrogens is 322 g/mol. The summed E-state index contributed by atoms with van der Waals surface area (Å²) in [6, 6.07) is 10.1. The van der Waals surface area contributed by atoms with Crippen molar-refractivity contribution in [2.45, 2.75) is 33.2 Å². The van der Waals surface area contributed by atoms with Gasteiger partial charge in [0.15, 0.2) is 0 Å². The van der Waals surface area contributed by atoms with Crippen LogP contribution in [0.15, 0.2) is 59.1 Å². The third-order valence-corrected chi connectivity index (χ3v) is 5.11. The maximum atomic E-state index is 12.0. The fourth-order valence-corrected chi connectivity index (χ4v) is 3.62. The topological polar surface area (TPSA) is 38.1 Å². The highest BCUT2D eigenvalue weighted by molar-refractivity contribution is 5.60. The third-order valence-electron chi connectivity index (χ3n) is 5.11. The molecule has 0 N–H and O–H groups in total. The molecule has 2 heterocycles. The van der Waals surface area contributed by atoms with E-state index >= 15 is 0 Å². The van der Waals surface area contributed by atoms with E-state index in [0.717, 1.165) is 37.2 Å². The van der Waals surface area contributed by atoms with E-state index in [1.807, 2.05) is 6.07 Å². The fraction of sp³-hybridized carbons (Fsp3) is 0.364. The molecule has 1 aromatic carbocycles. The van der Waals surface area contributed by atoms with Gasteiger partial charge in [0.25, 0.3) is 5.56 Å². The Balaban J connectivity index is 1.60. The van der Waals surface area contributed by atoms with Gasteiger partial charge in [-0.3, -0.25) is 4.79 Å². The summed E-state index contributed by atoms with van der Waals surface area (Å²) in [6.45, 7) is 6.96. The first-order chi connectivity index (χ1) is 12.6. The van der Waals surface area contributed by atoms with Gasteiger partial charge >= 0.3 is 0 Å². The standard InChI is InChI=1S/C22H25N3O/c1-16(2)15-25-22(26)9-8-21(23-25)19-7-6-17-10-12-24(20-4-3-5-20)13-11-18(17)14-19/h3-9,14,16H,10-13,15H2,1-2H3. The van der Waals surface area contributed by atoms with E-state index in [0.29, 0.717) is 12.5 Å². The minimum Gasteiger partial charge on any atom is -0.371 e. The summed E-state index contributed by atoms with van der Waals surface area (Å²) in [6.07, 6.45) is 8.58. The maximum Gasteiger partial charge on any atom is 0.266 e. The third kappa shape index (κ3) is 3.36. The lowest BCUT2D eigenvalue weighted by Crippen LogP contribution is -2.26. The van der Waals surface area contributed by atoms with Crippen molar-refractivity contribution in [2.75, 3.05) is 13.1 Å². The highest BCUT2D eigenvalue weighted by Gasteiger charge is 2.17. The van der Waals surface area contributed by atoms with Crippen LogP contribution in [0.2, 0.25) is 0 Å². The van der Waals surface area contributed by atoms with Gasteiger partial charge in [0.05, 0.1) is 5.69 Å². The van der Waals surface area contributed by atoms with Crippen molar-refractivity contribution < 1.29 is 0 Å². The van der Waals surface area contributed by atoms with Crippen LogP contribution in [0.5, 0.6) is 0 Å². The van der Waals surface area contributed by atoms with Crippen molar-refractivity contribution >= 4 is 0 Å². The number of aromatic nitrogens is 2. The van der Waals surface area contributed by atoms with Crippen LogP contribution in [0.25, 0.3) is 11.3 Å². The Kier molecular flexibility index (Phi) is 4.49. The van der Waals surface area contributed by atoms with Gasteiger partial charge < -0.3 is 4.90 Å². The highest BCUT2D eigenvalue weighted by Crippen LogP contribution is 2.25. The average molecular weight is 347 g/mol. The van der Waals surface area contributed by atoms with Gasteiger partial charge in [0, 0.05) is 37.0 Å². The molecule has 4 nitrogen and oxygen atoms in total. The Bertz CT molecular complexity index is 937. The van der Waals surface area contributed by atoms with Gasteiger partial charge in [-0.1, -0.05) is 32.1 Å². The quantitative estimate of drug-likeness (QED) is 0.850. The second-order valence-corrected chi connectivity index (χ2v) is 7.55. The van der Waals surface area contributed by atoms with Crippen LogP contribution < -0.4 is 5.56 Å². The molecule has 1 aliphatic heterocycles. The van der Waals surface area contributed by atoms with Crippen LogP contribution in [0.4, 0.5) is 0 Å². The number of benzene rings is 1. The Hall–Kier alpha value is -2.62. The van der Waals surface area contributed by atoms with Gasteiger partial charge in [0.1, 0.15) is 0 Å². The number of rotatable bonds is 4. The van der Waals surface area contributed by atoms with Crippen molar-refractivity contribution in [3.05, 3.63) is 75.7 Å². The van der Waals surface area contributed by atoms with E-state index < -0.39 is 0 Å². The predicted molar refractivity (Wildman–Crippen MR) is 105 cm³/mol. The summed E-state index contributed by atoms with van der Waals surface area (Å²) in [5, 5.41) is 4.60. The normalized spacial score (nSPS) is 16.1. The van der Waals surface area contributed by atoms with Gasteiger partial charge in [-0.05, 0) is 54.2 Å². The molecule has 2 aliphatic rings. The Labute approximate surface area is 154 Å². The van der Waals surface area contributed by atoms with Crippen LogP contribution in [0, 0.1) is 5.92 Å². The first-order valence-electron chi connectivity index (χ1n) is 9.44. The van der Waals surface area contributed by atoms with Crippen LogP contribution in [0.1, 0.15) is 25.0 Å². The van der Waals surface area contributed by atoms with E-state index in [1.54, 1.807) is 10.7 Å². The van der Waals surface area contributed by atoms with Crippen molar-refractivity contribution in [1.82, 2.24) is 14.7 Å². The van der Waals surface area contributed by atoms with Gasteiger partial charge in [0.2, 0.25) is 0 Å². The Morgan fingerprint density at radius 3 is 2.54 bits per heavy atom. The fourth-order valence-electron chi connectivity index (χ4n) is 3.62. The summed E-state index contributed by atoms with van der Waals surface area (Å²) < 4.78 is 1.59. The molecule has 0 spiro atoms. The molecule has 26 heavy (non-hydrogen) atoms. The van der Waals surface area contributed by atoms with E-state index in [1.165, 1.54) is 16.8 Å². The van der Waals surface area contributed by atoms with Gasteiger partial charge in [-0.2, -0.15) is 5.10 Å². The molecule has 1 aliphatic carbocycles. The molecule has 0 unspecified atom stereocenters. The molecule has 1 aromatic heterocycles. The van der Waals surface area contributed by atoms with Gasteiger partial charge in [-0.25, -0.2) is 4.68 Å². The number of nitrogens with zero attached hydrogens (tertiary/aromatic N) is 3.